The van der Waals surface area contributed by atoms with Crippen molar-refractivity contribution in [3.8, 4) is 17.2 Å². The van der Waals surface area contributed by atoms with Crippen LogP contribution in [0.15, 0.2) is 54.6 Å². The first-order chi connectivity index (χ1) is 12.2. The Hall–Kier alpha value is -3.21. The van der Waals surface area contributed by atoms with Crippen LogP contribution in [-0.4, -0.2) is 27.2 Å². The van der Waals surface area contributed by atoms with E-state index in [1.807, 2.05) is 36.4 Å². The van der Waals surface area contributed by atoms with Gasteiger partial charge < -0.3 is 19.5 Å². The molecule has 0 fully saturated rings. The molecule has 1 amide bonds. The molecule has 5 heteroatoms. The lowest BCUT2D eigenvalue weighted by Crippen LogP contribution is -2.14. The fourth-order valence-corrected chi connectivity index (χ4v) is 2.81. The molecule has 0 heterocycles. The van der Waals surface area contributed by atoms with Crippen molar-refractivity contribution in [2.45, 2.75) is 0 Å². The van der Waals surface area contributed by atoms with E-state index < -0.39 is 0 Å². The summed E-state index contributed by atoms with van der Waals surface area (Å²) in [7, 11) is 4.68. The van der Waals surface area contributed by atoms with Gasteiger partial charge in [-0.25, -0.2) is 0 Å². The molecule has 0 bridgehead atoms. The number of carbonyl (C=O) groups excluding carboxylic acids is 1. The lowest BCUT2D eigenvalue weighted by Gasteiger charge is -2.14. The van der Waals surface area contributed by atoms with Gasteiger partial charge in [0, 0.05) is 16.5 Å². The molecule has 25 heavy (non-hydrogen) atoms. The van der Waals surface area contributed by atoms with E-state index in [9.17, 15) is 4.79 Å². The summed E-state index contributed by atoms with van der Waals surface area (Å²) in [4.78, 5) is 12.8. The zero-order valence-electron chi connectivity index (χ0n) is 14.3. The summed E-state index contributed by atoms with van der Waals surface area (Å²) in [5.41, 5.74) is 1.10. The number of anilines is 1. The molecule has 128 valence electrons. The average molecular weight is 337 g/mol. The smallest absolute Gasteiger partial charge is 0.259 e. The van der Waals surface area contributed by atoms with Crippen molar-refractivity contribution in [1.82, 2.24) is 0 Å². The highest BCUT2D eigenvalue weighted by atomic mass is 16.5. The van der Waals surface area contributed by atoms with E-state index in [2.05, 4.69) is 5.32 Å². The third kappa shape index (κ3) is 3.08. The Morgan fingerprint density at radius 2 is 1.48 bits per heavy atom. The number of para-hydroxylation sites is 1. The minimum atomic E-state index is -0.272. The van der Waals surface area contributed by atoms with Crippen molar-refractivity contribution in [3.05, 3.63) is 60.2 Å². The average Bonchev–Trinajstić information content (AvgIpc) is 2.67. The van der Waals surface area contributed by atoms with Gasteiger partial charge >= 0.3 is 0 Å². The van der Waals surface area contributed by atoms with E-state index in [0.717, 1.165) is 16.5 Å². The van der Waals surface area contributed by atoms with Gasteiger partial charge in [-0.3, -0.25) is 4.79 Å². The maximum atomic E-state index is 12.8. The molecule has 3 rings (SSSR count). The number of amides is 1. The normalized spacial score (nSPS) is 10.4. The maximum absolute atomic E-state index is 12.8. The number of nitrogens with one attached hydrogen (secondary N) is 1. The Labute approximate surface area is 146 Å². The van der Waals surface area contributed by atoms with Crippen LogP contribution in [-0.2, 0) is 0 Å². The molecule has 0 aliphatic carbocycles. The van der Waals surface area contributed by atoms with Crippen molar-refractivity contribution in [2.75, 3.05) is 26.6 Å². The zero-order valence-corrected chi connectivity index (χ0v) is 14.3. The SMILES string of the molecule is COc1cccc(C(=O)Nc2ccc(OC)c3ccccc23)c1OC. The van der Waals surface area contributed by atoms with E-state index >= 15 is 0 Å². The van der Waals surface area contributed by atoms with Gasteiger partial charge in [-0.05, 0) is 24.3 Å². The van der Waals surface area contributed by atoms with Gasteiger partial charge in [-0.1, -0.05) is 30.3 Å². The molecule has 0 spiro atoms. The molecule has 3 aromatic rings. The van der Waals surface area contributed by atoms with Crippen LogP contribution >= 0.6 is 0 Å². The fraction of sp³-hybridized carbons (Fsp3) is 0.150. The van der Waals surface area contributed by atoms with Gasteiger partial charge in [0.25, 0.3) is 5.91 Å². The highest BCUT2D eigenvalue weighted by Gasteiger charge is 2.17. The minimum Gasteiger partial charge on any atom is -0.496 e. The summed E-state index contributed by atoms with van der Waals surface area (Å²) >= 11 is 0. The van der Waals surface area contributed by atoms with E-state index in [0.29, 0.717) is 22.7 Å². The molecule has 0 aliphatic heterocycles. The Bertz CT molecular complexity index is 921. The van der Waals surface area contributed by atoms with E-state index in [1.54, 1.807) is 25.3 Å². The summed E-state index contributed by atoms with van der Waals surface area (Å²) in [6.07, 6.45) is 0. The number of benzene rings is 3. The van der Waals surface area contributed by atoms with E-state index in [-0.39, 0.29) is 5.91 Å². The molecule has 0 unspecified atom stereocenters. The number of ether oxygens (including phenoxy) is 3. The van der Waals surface area contributed by atoms with E-state index in [1.165, 1.54) is 14.2 Å². The Morgan fingerprint density at radius 3 is 2.16 bits per heavy atom. The summed E-state index contributed by atoms with van der Waals surface area (Å²) < 4.78 is 16.0. The van der Waals surface area contributed by atoms with Crippen LogP contribution in [0.3, 0.4) is 0 Å². The quantitative estimate of drug-likeness (QED) is 0.761. The topological polar surface area (TPSA) is 56.8 Å². The second kappa shape index (κ2) is 7.13. The van der Waals surface area contributed by atoms with E-state index in [4.69, 9.17) is 14.2 Å². The molecule has 0 saturated carbocycles. The predicted octanol–water partition coefficient (Wildman–Crippen LogP) is 4.12. The van der Waals surface area contributed by atoms with Crippen LogP contribution in [0.2, 0.25) is 0 Å². The number of rotatable bonds is 5. The molecule has 0 aliphatic rings. The van der Waals surface area contributed by atoms with Crippen LogP contribution in [0.4, 0.5) is 5.69 Å². The largest absolute Gasteiger partial charge is 0.496 e. The van der Waals surface area contributed by atoms with Crippen molar-refractivity contribution in [2.24, 2.45) is 0 Å². The molecule has 0 radical (unpaired) electrons. The van der Waals surface area contributed by atoms with Gasteiger partial charge in [0.05, 0.1) is 26.9 Å². The van der Waals surface area contributed by atoms with Crippen LogP contribution in [0.5, 0.6) is 17.2 Å². The number of hydrogen-bond acceptors (Lipinski definition) is 4. The molecular formula is C20H19NO4. The summed E-state index contributed by atoms with van der Waals surface area (Å²) in [5.74, 6) is 1.40. The van der Waals surface area contributed by atoms with Crippen LogP contribution in [0, 0.1) is 0 Å². The summed E-state index contributed by atoms with van der Waals surface area (Å²) in [6.45, 7) is 0. The first-order valence-electron chi connectivity index (χ1n) is 7.77. The molecule has 0 atom stereocenters. The monoisotopic (exact) mass is 337 g/mol. The molecule has 0 saturated heterocycles. The van der Waals surface area contributed by atoms with Crippen LogP contribution < -0.4 is 19.5 Å². The molecular weight excluding hydrogens is 318 g/mol. The van der Waals surface area contributed by atoms with Crippen LogP contribution in [0.1, 0.15) is 10.4 Å². The lowest BCUT2D eigenvalue weighted by molar-refractivity contribution is 0.102. The lowest BCUT2D eigenvalue weighted by atomic mass is 10.1. The highest BCUT2D eigenvalue weighted by Crippen LogP contribution is 2.34. The van der Waals surface area contributed by atoms with Gasteiger partial charge in [0.1, 0.15) is 5.75 Å². The Morgan fingerprint density at radius 1 is 0.760 bits per heavy atom. The standard InChI is InChI=1S/C20H19NO4/c1-23-17-12-11-16(13-7-4-5-8-14(13)17)21-20(22)15-9-6-10-18(24-2)19(15)25-3/h4-12H,1-3H3,(H,21,22). The number of carbonyl (C=O) groups is 1. The minimum absolute atomic E-state index is 0.272. The molecule has 1 N–H and O–H groups in total. The zero-order chi connectivity index (χ0) is 17.8. The molecule has 0 aromatic heterocycles. The molecule has 5 nitrogen and oxygen atoms in total. The van der Waals surface area contributed by atoms with Gasteiger partial charge in [0.15, 0.2) is 11.5 Å². The summed E-state index contributed by atoms with van der Waals surface area (Å²) in [5, 5.41) is 4.78. The third-order valence-electron chi connectivity index (χ3n) is 4.00. The summed E-state index contributed by atoms with van der Waals surface area (Å²) in [6, 6.07) is 16.6. The molecule has 3 aromatic carbocycles. The Kier molecular flexibility index (Phi) is 4.75. The highest BCUT2D eigenvalue weighted by molar-refractivity contribution is 6.11. The number of fused-ring (bicyclic) bond motifs is 1. The fourth-order valence-electron chi connectivity index (χ4n) is 2.81. The number of methoxy groups -OCH3 is 3. The Balaban J connectivity index is 2.01. The van der Waals surface area contributed by atoms with Gasteiger partial charge in [-0.15, -0.1) is 0 Å². The second-order valence-corrected chi connectivity index (χ2v) is 5.36. The first kappa shape index (κ1) is 16.6. The van der Waals surface area contributed by atoms with Crippen LogP contribution in [0.25, 0.3) is 10.8 Å². The maximum Gasteiger partial charge on any atom is 0.259 e. The second-order valence-electron chi connectivity index (χ2n) is 5.36. The van der Waals surface area contributed by atoms with Gasteiger partial charge in [-0.2, -0.15) is 0 Å². The first-order valence-corrected chi connectivity index (χ1v) is 7.77. The van der Waals surface area contributed by atoms with Crippen molar-refractivity contribution < 1.29 is 19.0 Å². The van der Waals surface area contributed by atoms with Crippen molar-refractivity contribution in [1.29, 1.82) is 0 Å². The number of hydrogen-bond donors (Lipinski definition) is 1. The van der Waals surface area contributed by atoms with Crippen molar-refractivity contribution >= 4 is 22.4 Å². The van der Waals surface area contributed by atoms with Gasteiger partial charge in [0.2, 0.25) is 0 Å². The van der Waals surface area contributed by atoms with Crippen molar-refractivity contribution in [3.63, 3.8) is 0 Å². The third-order valence-corrected chi connectivity index (χ3v) is 4.00. The predicted molar refractivity (Wildman–Crippen MR) is 98.0 cm³/mol.